The van der Waals surface area contributed by atoms with E-state index in [0.717, 1.165) is 36.5 Å². The molecular formula is C24H40FN. The van der Waals surface area contributed by atoms with Gasteiger partial charge in [-0.1, -0.05) is 71.1 Å². The van der Waals surface area contributed by atoms with Gasteiger partial charge >= 0.3 is 0 Å². The van der Waals surface area contributed by atoms with E-state index in [9.17, 15) is 4.39 Å². The maximum atomic E-state index is 12.9. The van der Waals surface area contributed by atoms with Gasteiger partial charge in [0.1, 0.15) is 6.07 Å². The van der Waals surface area contributed by atoms with E-state index in [2.05, 4.69) is 6.92 Å². The SMILES string of the molecule is CCCCCCC[C@H]1CC[C@H](C2CCC(CCC=C(F)C#N)CC2)CC1. The van der Waals surface area contributed by atoms with Crippen LogP contribution in [0.25, 0.3) is 0 Å². The standard InChI is InChI=1S/C24H40FN/c1-2-3-4-5-6-8-20-11-15-22(16-12-20)23-17-13-21(14-18-23)9-7-10-24(25)19-26/h10,20-23H,2-9,11-18H2,1H3/t20-,21?,22-,23?. The van der Waals surface area contributed by atoms with Gasteiger partial charge in [0.15, 0.2) is 5.83 Å². The Morgan fingerprint density at radius 1 is 0.846 bits per heavy atom. The maximum absolute atomic E-state index is 12.9. The van der Waals surface area contributed by atoms with Crippen molar-refractivity contribution in [3.8, 4) is 6.07 Å². The molecule has 0 aliphatic heterocycles. The van der Waals surface area contributed by atoms with E-state index in [1.807, 2.05) is 0 Å². The average Bonchev–Trinajstić information content (AvgIpc) is 2.69. The van der Waals surface area contributed by atoms with Gasteiger partial charge in [0.05, 0.1) is 0 Å². The zero-order valence-electron chi connectivity index (χ0n) is 17.0. The molecule has 0 aromatic carbocycles. The van der Waals surface area contributed by atoms with E-state index >= 15 is 0 Å². The molecule has 2 fully saturated rings. The molecule has 0 aromatic heterocycles. The summed E-state index contributed by atoms with van der Waals surface area (Å²) in [6.45, 7) is 2.29. The largest absolute Gasteiger partial charge is 0.196 e. The Labute approximate surface area is 161 Å². The van der Waals surface area contributed by atoms with E-state index in [4.69, 9.17) is 5.26 Å². The Bertz CT molecular complexity index is 434. The first-order valence-electron chi connectivity index (χ1n) is 11.5. The molecule has 0 saturated heterocycles. The summed E-state index contributed by atoms with van der Waals surface area (Å²) in [4.78, 5) is 0. The highest BCUT2D eigenvalue weighted by atomic mass is 19.1. The topological polar surface area (TPSA) is 23.8 Å². The molecule has 0 spiro atoms. The van der Waals surface area contributed by atoms with E-state index in [-0.39, 0.29) is 0 Å². The van der Waals surface area contributed by atoms with Gasteiger partial charge in [-0.3, -0.25) is 0 Å². The van der Waals surface area contributed by atoms with Gasteiger partial charge in [-0.15, -0.1) is 0 Å². The molecule has 0 unspecified atom stereocenters. The van der Waals surface area contributed by atoms with Crippen LogP contribution < -0.4 is 0 Å². The first kappa shape index (κ1) is 21.5. The molecule has 2 rings (SSSR count). The summed E-state index contributed by atoms with van der Waals surface area (Å²) >= 11 is 0. The lowest BCUT2D eigenvalue weighted by atomic mass is 9.68. The van der Waals surface area contributed by atoms with Crippen molar-refractivity contribution in [2.45, 2.75) is 110 Å². The summed E-state index contributed by atoms with van der Waals surface area (Å²) in [6, 6.07) is 1.57. The molecule has 2 aliphatic carbocycles. The molecule has 0 N–H and O–H groups in total. The molecule has 0 bridgehead atoms. The molecule has 0 radical (unpaired) electrons. The number of hydrogen-bond donors (Lipinski definition) is 0. The van der Waals surface area contributed by atoms with E-state index < -0.39 is 5.83 Å². The molecular weight excluding hydrogens is 321 g/mol. The lowest BCUT2D eigenvalue weighted by molar-refractivity contribution is 0.140. The fourth-order valence-electron chi connectivity index (χ4n) is 5.42. The average molecular weight is 362 g/mol. The van der Waals surface area contributed by atoms with Crippen LogP contribution in [0.3, 0.4) is 0 Å². The van der Waals surface area contributed by atoms with Crippen LogP contribution in [0.4, 0.5) is 4.39 Å². The van der Waals surface area contributed by atoms with Crippen molar-refractivity contribution in [3.05, 3.63) is 11.9 Å². The molecule has 1 nitrogen and oxygen atoms in total. The minimum absolute atomic E-state index is 0.610. The van der Waals surface area contributed by atoms with Crippen molar-refractivity contribution in [1.29, 1.82) is 5.26 Å². The van der Waals surface area contributed by atoms with Gasteiger partial charge in [-0.25, -0.2) is 0 Å². The lowest BCUT2D eigenvalue weighted by Gasteiger charge is -2.38. The molecule has 2 heteroatoms. The molecule has 2 saturated carbocycles. The Kier molecular flexibility index (Phi) is 10.3. The second kappa shape index (κ2) is 12.5. The maximum Gasteiger partial charge on any atom is 0.196 e. The Morgan fingerprint density at radius 2 is 1.38 bits per heavy atom. The van der Waals surface area contributed by atoms with Crippen LogP contribution in [0.15, 0.2) is 11.9 Å². The van der Waals surface area contributed by atoms with E-state index in [1.54, 1.807) is 6.07 Å². The smallest absolute Gasteiger partial charge is 0.195 e. The number of nitrogens with zero attached hydrogens (tertiary/aromatic N) is 1. The summed E-state index contributed by atoms with van der Waals surface area (Å²) in [6.07, 6.45) is 23.2. The van der Waals surface area contributed by atoms with Gasteiger partial charge in [0, 0.05) is 0 Å². The molecule has 26 heavy (non-hydrogen) atoms. The number of unbranched alkanes of at least 4 members (excludes halogenated alkanes) is 4. The zero-order valence-corrected chi connectivity index (χ0v) is 17.0. The van der Waals surface area contributed by atoms with Gasteiger partial charge < -0.3 is 0 Å². The van der Waals surface area contributed by atoms with Crippen LogP contribution >= 0.6 is 0 Å². The van der Waals surface area contributed by atoms with E-state index in [0.29, 0.717) is 0 Å². The zero-order chi connectivity index (χ0) is 18.6. The quantitative estimate of drug-likeness (QED) is 0.285. The third-order valence-corrected chi connectivity index (χ3v) is 7.17. The van der Waals surface area contributed by atoms with E-state index in [1.165, 1.54) is 96.0 Å². The van der Waals surface area contributed by atoms with Gasteiger partial charge in [0.2, 0.25) is 0 Å². The Balaban J connectivity index is 1.56. The summed E-state index contributed by atoms with van der Waals surface area (Å²) in [5.41, 5.74) is 0. The van der Waals surface area contributed by atoms with Gasteiger partial charge in [0.25, 0.3) is 0 Å². The lowest BCUT2D eigenvalue weighted by Crippen LogP contribution is -2.25. The molecule has 2 aliphatic rings. The Morgan fingerprint density at radius 3 is 1.92 bits per heavy atom. The second-order valence-corrected chi connectivity index (χ2v) is 9.01. The summed E-state index contributed by atoms with van der Waals surface area (Å²) in [7, 11) is 0. The predicted molar refractivity (Wildman–Crippen MR) is 108 cm³/mol. The minimum Gasteiger partial charge on any atom is -0.195 e. The predicted octanol–water partition coefficient (Wildman–Crippen LogP) is 8.12. The highest BCUT2D eigenvalue weighted by Crippen LogP contribution is 2.43. The second-order valence-electron chi connectivity index (χ2n) is 9.01. The van der Waals surface area contributed by atoms with Gasteiger partial charge in [-0.2, -0.15) is 9.65 Å². The summed E-state index contributed by atoms with van der Waals surface area (Å²) < 4.78 is 12.9. The van der Waals surface area contributed by atoms with Crippen LogP contribution in [0.1, 0.15) is 110 Å². The van der Waals surface area contributed by atoms with Crippen molar-refractivity contribution in [2.75, 3.05) is 0 Å². The van der Waals surface area contributed by atoms with Crippen molar-refractivity contribution in [3.63, 3.8) is 0 Å². The summed E-state index contributed by atoms with van der Waals surface area (Å²) in [5.74, 6) is 3.12. The fraction of sp³-hybridized carbons (Fsp3) is 0.875. The number of halogens is 1. The Hall–Kier alpha value is -0.840. The van der Waals surface area contributed by atoms with Crippen LogP contribution in [-0.4, -0.2) is 0 Å². The highest BCUT2D eigenvalue weighted by Gasteiger charge is 2.30. The molecule has 148 valence electrons. The normalized spacial score (nSPS) is 30.1. The monoisotopic (exact) mass is 361 g/mol. The van der Waals surface area contributed by atoms with Crippen molar-refractivity contribution < 1.29 is 4.39 Å². The molecule has 0 atom stereocenters. The third kappa shape index (κ3) is 7.81. The van der Waals surface area contributed by atoms with Crippen molar-refractivity contribution in [2.24, 2.45) is 23.7 Å². The number of allylic oxidation sites excluding steroid dienone is 2. The molecule has 0 heterocycles. The third-order valence-electron chi connectivity index (χ3n) is 7.17. The van der Waals surface area contributed by atoms with Crippen LogP contribution in [0.2, 0.25) is 0 Å². The van der Waals surface area contributed by atoms with Crippen LogP contribution in [0.5, 0.6) is 0 Å². The number of rotatable bonds is 10. The first-order chi connectivity index (χ1) is 12.7. The first-order valence-corrected chi connectivity index (χ1v) is 11.5. The highest BCUT2D eigenvalue weighted by molar-refractivity contribution is 5.11. The van der Waals surface area contributed by atoms with Crippen molar-refractivity contribution in [1.82, 2.24) is 0 Å². The van der Waals surface area contributed by atoms with Gasteiger partial charge in [-0.05, 0) is 68.3 Å². The number of nitriles is 1. The summed E-state index contributed by atoms with van der Waals surface area (Å²) in [5, 5.41) is 8.46. The van der Waals surface area contributed by atoms with Crippen molar-refractivity contribution >= 4 is 0 Å². The molecule has 0 aromatic rings. The molecule has 0 amide bonds. The fourth-order valence-corrected chi connectivity index (χ4v) is 5.42. The van der Waals surface area contributed by atoms with Crippen LogP contribution in [0, 0.1) is 35.0 Å². The van der Waals surface area contributed by atoms with Crippen LogP contribution in [-0.2, 0) is 0 Å². The minimum atomic E-state index is -0.610. The number of hydrogen-bond acceptors (Lipinski definition) is 1.